The van der Waals surface area contributed by atoms with Crippen molar-refractivity contribution in [2.75, 3.05) is 26.2 Å². The fourth-order valence-electron chi connectivity index (χ4n) is 3.59. The molecule has 0 radical (unpaired) electrons. The quantitative estimate of drug-likeness (QED) is 0.745. The summed E-state index contributed by atoms with van der Waals surface area (Å²) in [6.07, 6.45) is 7.26. The number of aryl methyl sites for hydroxylation is 1. The van der Waals surface area contributed by atoms with Crippen LogP contribution in [0, 0.1) is 0 Å². The topological polar surface area (TPSA) is 42.1 Å². The van der Waals surface area contributed by atoms with E-state index in [1.807, 2.05) is 17.1 Å². The van der Waals surface area contributed by atoms with Crippen LogP contribution in [0.25, 0.3) is 0 Å². The molecule has 6 nitrogen and oxygen atoms in total. The van der Waals surface area contributed by atoms with E-state index in [9.17, 15) is 0 Å². The first-order valence-electron chi connectivity index (χ1n) is 9.21. The van der Waals surface area contributed by atoms with Gasteiger partial charge >= 0.3 is 0 Å². The van der Waals surface area contributed by atoms with Crippen molar-refractivity contribution >= 4 is 0 Å². The van der Waals surface area contributed by atoms with Crippen molar-refractivity contribution < 1.29 is 0 Å². The molecule has 1 unspecified atom stereocenters. The first-order chi connectivity index (χ1) is 11.7. The lowest BCUT2D eigenvalue weighted by Crippen LogP contribution is -2.39. The fourth-order valence-corrected chi connectivity index (χ4v) is 3.59. The highest BCUT2D eigenvalue weighted by Gasteiger charge is 2.25. The van der Waals surface area contributed by atoms with Crippen LogP contribution in [0.2, 0.25) is 0 Å². The van der Waals surface area contributed by atoms with Gasteiger partial charge in [0.05, 0.1) is 17.9 Å². The molecule has 2 aromatic heterocycles. The minimum Gasteiger partial charge on any atom is -0.304 e. The van der Waals surface area contributed by atoms with E-state index >= 15 is 0 Å². The first kappa shape index (κ1) is 17.2. The molecule has 0 aliphatic carbocycles. The predicted octanol–water partition coefficient (Wildman–Crippen LogP) is 2.39. The van der Waals surface area contributed by atoms with Gasteiger partial charge < -0.3 is 4.90 Å². The van der Waals surface area contributed by atoms with Crippen molar-refractivity contribution in [2.24, 2.45) is 0 Å². The zero-order chi connectivity index (χ0) is 16.9. The molecule has 6 heteroatoms. The number of fused-ring (bicyclic) bond motifs is 1. The van der Waals surface area contributed by atoms with Crippen LogP contribution in [0.4, 0.5) is 0 Å². The Morgan fingerprint density at radius 1 is 1.21 bits per heavy atom. The van der Waals surface area contributed by atoms with E-state index in [0.29, 0.717) is 6.04 Å². The third-order valence-corrected chi connectivity index (χ3v) is 5.04. The maximum atomic E-state index is 4.58. The van der Waals surface area contributed by atoms with Crippen molar-refractivity contribution in [1.29, 1.82) is 0 Å². The Morgan fingerprint density at radius 3 is 2.75 bits per heavy atom. The number of nitrogens with zero attached hydrogens (tertiary/aromatic N) is 6. The predicted molar refractivity (Wildman–Crippen MR) is 95.7 cm³/mol. The van der Waals surface area contributed by atoms with E-state index in [-0.39, 0.29) is 0 Å². The third kappa shape index (κ3) is 3.87. The van der Waals surface area contributed by atoms with Gasteiger partial charge in [0, 0.05) is 50.7 Å². The summed E-state index contributed by atoms with van der Waals surface area (Å²) in [5.41, 5.74) is 2.63. The second-order valence-corrected chi connectivity index (χ2v) is 6.61. The van der Waals surface area contributed by atoms with Gasteiger partial charge in [-0.25, -0.2) is 0 Å². The maximum absolute atomic E-state index is 4.58. The first-order valence-corrected chi connectivity index (χ1v) is 9.21. The Kier molecular flexibility index (Phi) is 5.68. The summed E-state index contributed by atoms with van der Waals surface area (Å²) >= 11 is 0. The van der Waals surface area contributed by atoms with E-state index in [1.165, 1.54) is 11.3 Å². The monoisotopic (exact) mass is 330 g/mol. The summed E-state index contributed by atoms with van der Waals surface area (Å²) in [5.74, 6) is 0. The Hall–Kier alpha value is -1.66. The van der Waals surface area contributed by atoms with Crippen molar-refractivity contribution in [3.05, 3.63) is 35.9 Å². The Balaban J connectivity index is 1.66. The molecule has 3 rings (SSSR count). The number of rotatable bonds is 8. The third-order valence-electron chi connectivity index (χ3n) is 5.04. The van der Waals surface area contributed by atoms with Gasteiger partial charge in [0.1, 0.15) is 0 Å². The standard InChI is InChI=1S/C18H30N6/c1-4-21(5-2)10-8-18-15-22(14-17-7-9-19-24(17)18)12-16-11-20-23(6-3)13-16/h7,9,11,13,18H,4-6,8,10,12,14-15H2,1-3H3. The van der Waals surface area contributed by atoms with Crippen LogP contribution in [-0.4, -0.2) is 55.5 Å². The highest BCUT2D eigenvalue weighted by Crippen LogP contribution is 2.24. The molecule has 1 atom stereocenters. The van der Waals surface area contributed by atoms with Gasteiger partial charge in [-0.3, -0.25) is 14.3 Å². The van der Waals surface area contributed by atoms with E-state index in [2.05, 4.69) is 57.7 Å². The lowest BCUT2D eigenvalue weighted by Gasteiger charge is -2.34. The average Bonchev–Trinajstić information content (AvgIpc) is 3.24. The summed E-state index contributed by atoms with van der Waals surface area (Å²) in [5, 5.41) is 8.98. The van der Waals surface area contributed by atoms with Crippen LogP contribution >= 0.6 is 0 Å². The molecule has 1 aliphatic heterocycles. The van der Waals surface area contributed by atoms with Crippen molar-refractivity contribution in [1.82, 2.24) is 29.4 Å². The molecular formula is C18H30N6. The summed E-state index contributed by atoms with van der Waals surface area (Å²) in [6, 6.07) is 2.62. The highest BCUT2D eigenvalue weighted by atomic mass is 15.4. The normalized spacial score (nSPS) is 18.2. The molecule has 0 fully saturated rings. The van der Waals surface area contributed by atoms with E-state index in [1.54, 1.807) is 0 Å². The van der Waals surface area contributed by atoms with Crippen LogP contribution < -0.4 is 0 Å². The largest absolute Gasteiger partial charge is 0.304 e. The molecule has 132 valence electrons. The molecule has 0 spiro atoms. The van der Waals surface area contributed by atoms with Gasteiger partial charge in [-0.1, -0.05) is 13.8 Å². The molecule has 2 aromatic rings. The van der Waals surface area contributed by atoms with Gasteiger partial charge in [0.25, 0.3) is 0 Å². The molecule has 3 heterocycles. The Morgan fingerprint density at radius 2 is 2.04 bits per heavy atom. The second kappa shape index (κ2) is 7.94. The highest BCUT2D eigenvalue weighted by molar-refractivity contribution is 5.08. The molecule has 0 saturated carbocycles. The SMILES string of the molecule is CCN(CC)CCC1CN(Cc2cnn(CC)c2)Cc2ccnn21. The van der Waals surface area contributed by atoms with Gasteiger partial charge in [-0.2, -0.15) is 10.2 Å². The van der Waals surface area contributed by atoms with Crippen LogP contribution in [0.3, 0.4) is 0 Å². The smallest absolute Gasteiger partial charge is 0.0662 e. The minimum atomic E-state index is 0.463. The molecular weight excluding hydrogens is 300 g/mol. The molecule has 24 heavy (non-hydrogen) atoms. The maximum Gasteiger partial charge on any atom is 0.0662 e. The van der Waals surface area contributed by atoms with Crippen LogP contribution in [0.5, 0.6) is 0 Å². The summed E-state index contributed by atoms with van der Waals surface area (Å²) in [7, 11) is 0. The summed E-state index contributed by atoms with van der Waals surface area (Å²) in [6.45, 7) is 13.9. The van der Waals surface area contributed by atoms with Crippen LogP contribution in [0.15, 0.2) is 24.7 Å². The van der Waals surface area contributed by atoms with Crippen LogP contribution in [-0.2, 0) is 19.6 Å². The van der Waals surface area contributed by atoms with Crippen molar-refractivity contribution in [3.8, 4) is 0 Å². The molecule has 1 aliphatic rings. The molecule has 0 amide bonds. The van der Waals surface area contributed by atoms with E-state index in [4.69, 9.17) is 0 Å². The number of aromatic nitrogens is 4. The summed E-state index contributed by atoms with van der Waals surface area (Å²) < 4.78 is 4.25. The van der Waals surface area contributed by atoms with E-state index < -0.39 is 0 Å². The number of hydrogen-bond acceptors (Lipinski definition) is 4. The zero-order valence-corrected chi connectivity index (χ0v) is 15.2. The van der Waals surface area contributed by atoms with Crippen LogP contribution in [0.1, 0.15) is 44.5 Å². The Labute approximate surface area is 145 Å². The average molecular weight is 330 g/mol. The van der Waals surface area contributed by atoms with Crippen molar-refractivity contribution in [2.45, 2.75) is 52.9 Å². The molecule has 0 N–H and O–H groups in total. The lowest BCUT2D eigenvalue weighted by molar-refractivity contribution is 0.150. The molecule has 0 aromatic carbocycles. The van der Waals surface area contributed by atoms with Gasteiger partial charge in [0.15, 0.2) is 0 Å². The minimum absolute atomic E-state index is 0.463. The van der Waals surface area contributed by atoms with Gasteiger partial charge in [-0.05, 0) is 32.5 Å². The zero-order valence-electron chi connectivity index (χ0n) is 15.2. The number of hydrogen-bond donors (Lipinski definition) is 0. The molecule has 0 saturated heterocycles. The van der Waals surface area contributed by atoms with Gasteiger partial charge in [0.2, 0.25) is 0 Å². The lowest BCUT2D eigenvalue weighted by atomic mass is 10.1. The Bertz CT molecular complexity index is 627. The van der Waals surface area contributed by atoms with Gasteiger partial charge in [-0.15, -0.1) is 0 Å². The second-order valence-electron chi connectivity index (χ2n) is 6.61. The fraction of sp³-hybridized carbons (Fsp3) is 0.667. The molecule has 0 bridgehead atoms. The van der Waals surface area contributed by atoms with E-state index in [0.717, 1.165) is 52.2 Å². The summed E-state index contributed by atoms with van der Waals surface area (Å²) in [4.78, 5) is 5.02. The van der Waals surface area contributed by atoms with Crippen molar-refractivity contribution in [3.63, 3.8) is 0 Å².